The van der Waals surface area contributed by atoms with E-state index < -0.39 is 0 Å². The van der Waals surface area contributed by atoms with Crippen LogP contribution in [0, 0.1) is 0 Å². The first-order chi connectivity index (χ1) is 27.0. The molecular weight excluding hydrogens is 705 g/mol. The van der Waals surface area contributed by atoms with E-state index in [4.69, 9.17) is 0 Å². The quantitative estimate of drug-likeness (QED) is 0.0801. The molecule has 0 bridgehead atoms. The van der Waals surface area contributed by atoms with Crippen molar-refractivity contribution in [2.24, 2.45) is 0 Å². The fourth-order valence-corrected chi connectivity index (χ4v) is 6.90. The van der Waals surface area contributed by atoms with Crippen molar-refractivity contribution in [1.29, 1.82) is 0 Å². The Balaban J connectivity index is 1.16. The van der Waals surface area contributed by atoms with E-state index in [1.807, 2.05) is 0 Å². The molecule has 0 atom stereocenters. The van der Waals surface area contributed by atoms with E-state index in [0.717, 1.165) is 22.3 Å². The molecule has 8 nitrogen and oxygen atoms in total. The van der Waals surface area contributed by atoms with Crippen molar-refractivity contribution in [2.45, 2.75) is 0 Å². The maximum Gasteiger partial charge on any atom is 0.123 e. The molecule has 0 saturated carbocycles. The smallest absolute Gasteiger partial charge is 0.123 e. The average Bonchev–Trinajstić information content (AvgIpc) is 3.20. The second-order valence-electron chi connectivity index (χ2n) is 13.5. The summed E-state index contributed by atoms with van der Waals surface area (Å²) in [6, 6.07) is 43.3. The van der Waals surface area contributed by atoms with Crippen LogP contribution in [-0.4, -0.2) is 40.9 Å². The summed E-state index contributed by atoms with van der Waals surface area (Å²) in [6.45, 7) is 0. The molecule has 8 aromatic carbocycles. The molecule has 8 aromatic rings. The number of aromatic hydroxyl groups is 8. The topological polar surface area (TPSA) is 162 Å². The van der Waals surface area contributed by atoms with Crippen LogP contribution in [-0.2, 0) is 0 Å². The zero-order valence-corrected chi connectivity index (χ0v) is 29.6. The first-order valence-electron chi connectivity index (χ1n) is 17.6. The molecule has 0 heterocycles. The van der Waals surface area contributed by atoms with Gasteiger partial charge in [-0.1, -0.05) is 60.7 Å². The SMILES string of the molecule is Oc1ccc(-c2ccc(O)c(-c3cc(-c4ccc(O)c(-c5cc(-c6ccc(O)c(-c7cc(-c8ccc(O)cc8)ccc7O)c6)ccc5O)c4)ccc3O)c2)cc1. The van der Waals surface area contributed by atoms with Crippen LogP contribution in [0.1, 0.15) is 0 Å². The van der Waals surface area contributed by atoms with Gasteiger partial charge in [-0.25, -0.2) is 0 Å². The van der Waals surface area contributed by atoms with Gasteiger partial charge in [-0.15, -0.1) is 0 Å². The van der Waals surface area contributed by atoms with Crippen LogP contribution in [0.4, 0.5) is 0 Å². The van der Waals surface area contributed by atoms with Crippen LogP contribution >= 0.6 is 0 Å². The number of hydrogen-bond acceptors (Lipinski definition) is 8. The van der Waals surface area contributed by atoms with E-state index in [-0.39, 0.29) is 46.0 Å². The lowest BCUT2D eigenvalue weighted by atomic mass is 9.91. The highest BCUT2D eigenvalue weighted by Crippen LogP contribution is 2.45. The molecule has 0 unspecified atom stereocenters. The minimum absolute atomic E-state index is 0.0363. The third kappa shape index (κ3) is 6.74. The number of rotatable bonds is 7. The third-order valence-corrected chi connectivity index (χ3v) is 9.92. The normalized spacial score (nSPS) is 11.1. The fourth-order valence-electron chi connectivity index (χ4n) is 6.90. The summed E-state index contributed by atoms with van der Waals surface area (Å²) in [5, 5.41) is 85.3. The Labute approximate surface area is 321 Å². The molecule has 0 radical (unpaired) electrons. The summed E-state index contributed by atoms with van der Waals surface area (Å²) in [7, 11) is 0. The van der Waals surface area contributed by atoms with Gasteiger partial charge in [0.2, 0.25) is 0 Å². The molecule has 0 fully saturated rings. The number of benzene rings is 8. The molecule has 0 aliphatic heterocycles. The Morgan fingerprint density at radius 2 is 0.339 bits per heavy atom. The second kappa shape index (κ2) is 14.2. The Morgan fingerprint density at radius 1 is 0.179 bits per heavy atom. The van der Waals surface area contributed by atoms with Crippen LogP contribution in [0.5, 0.6) is 46.0 Å². The van der Waals surface area contributed by atoms with Crippen LogP contribution in [0.2, 0.25) is 0 Å². The Kier molecular flexibility index (Phi) is 8.92. The molecule has 0 saturated heterocycles. The molecule has 0 aromatic heterocycles. The number of hydrogen-bond donors (Lipinski definition) is 8. The van der Waals surface area contributed by atoms with Gasteiger partial charge >= 0.3 is 0 Å². The minimum Gasteiger partial charge on any atom is -0.508 e. The molecular formula is C48H34O8. The van der Waals surface area contributed by atoms with Gasteiger partial charge in [-0.05, 0) is 142 Å². The van der Waals surface area contributed by atoms with Crippen molar-refractivity contribution in [3.8, 4) is 124 Å². The van der Waals surface area contributed by atoms with E-state index in [9.17, 15) is 40.9 Å². The number of phenolic OH excluding ortho intramolecular Hbond substituents is 8. The molecule has 0 aliphatic rings. The van der Waals surface area contributed by atoms with E-state index in [2.05, 4.69) is 0 Å². The van der Waals surface area contributed by atoms with Gasteiger partial charge < -0.3 is 40.9 Å². The maximum atomic E-state index is 11.1. The predicted molar refractivity (Wildman–Crippen MR) is 218 cm³/mol. The lowest BCUT2D eigenvalue weighted by Crippen LogP contribution is -1.89. The van der Waals surface area contributed by atoms with Gasteiger partial charge in [0.1, 0.15) is 46.0 Å². The zero-order chi connectivity index (χ0) is 39.1. The second-order valence-corrected chi connectivity index (χ2v) is 13.5. The monoisotopic (exact) mass is 738 g/mol. The first kappa shape index (κ1) is 35.2. The molecule has 0 amide bonds. The van der Waals surface area contributed by atoms with Gasteiger partial charge in [0, 0.05) is 33.4 Å². The average molecular weight is 739 g/mol. The summed E-state index contributed by atoms with van der Waals surface area (Å²) in [5.74, 6) is -0.0750. The minimum atomic E-state index is -0.0817. The highest BCUT2D eigenvalue weighted by atomic mass is 16.3. The van der Waals surface area contributed by atoms with Crippen molar-refractivity contribution >= 4 is 0 Å². The Bertz CT molecular complexity index is 2580. The summed E-state index contributed by atoms with van der Waals surface area (Å²) < 4.78 is 0. The standard InChI is InChI=1S/C48H34O8/c49-35-11-1-27(2-12-35)29-5-15-43(51)37(21-29)39-23-31(7-17-45(39)53)33-9-19-47(55)41(25-33)42-26-34(10-20-48(42)56)32-8-18-46(54)40(24-32)38-22-30(6-16-44(38)52)28-3-13-36(50)14-4-28/h1-26,49-56H. The first-order valence-corrected chi connectivity index (χ1v) is 17.6. The third-order valence-electron chi connectivity index (χ3n) is 9.92. The number of phenols is 8. The van der Waals surface area contributed by atoms with Crippen molar-refractivity contribution in [2.75, 3.05) is 0 Å². The lowest BCUT2D eigenvalue weighted by molar-refractivity contribution is 0.469. The predicted octanol–water partition coefficient (Wildman–Crippen LogP) is 11.0. The molecule has 8 rings (SSSR count). The summed E-state index contributed by atoms with van der Waals surface area (Å²) in [6.07, 6.45) is 0. The molecule has 8 heteroatoms. The lowest BCUT2D eigenvalue weighted by Gasteiger charge is -2.15. The van der Waals surface area contributed by atoms with Crippen molar-refractivity contribution < 1.29 is 40.9 Å². The molecule has 8 N–H and O–H groups in total. The largest absolute Gasteiger partial charge is 0.508 e. The molecule has 274 valence electrons. The van der Waals surface area contributed by atoms with Crippen LogP contribution in [0.15, 0.2) is 158 Å². The van der Waals surface area contributed by atoms with Crippen LogP contribution in [0.25, 0.3) is 77.9 Å². The Morgan fingerprint density at radius 3 is 0.536 bits per heavy atom. The Hall–Kier alpha value is -7.84. The molecule has 0 spiro atoms. The summed E-state index contributed by atoms with van der Waals surface area (Å²) >= 11 is 0. The highest BCUT2D eigenvalue weighted by Gasteiger charge is 2.18. The zero-order valence-electron chi connectivity index (χ0n) is 29.6. The fraction of sp³-hybridized carbons (Fsp3) is 0. The van der Waals surface area contributed by atoms with Gasteiger partial charge in [-0.2, -0.15) is 0 Å². The van der Waals surface area contributed by atoms with E-state index in [1.54, 1.807) is 133 Å². The maximum absolute atomic E-state index is 11.1. The van der Waals surface area contributed by atoms with Gasteiger partial charge in [0.15, 0.2) is 0 Å². The van der Waals surface area contributed by atoms with Crippen molar-refractivity contribution in [3.05, 3.63) is 158 Å². The van der Waals surface area contributed by atoms with Crippen molar-refractivity contribution in [3.63, 3.8) is 0 Å². The van der Waals surface area contributed by atoms with Crippen LogP contribution in [0.3, 0.4) is 0 Å². The van der Waals surface area contributed by atoms with Crippen LogP contribution < -0.4 is 0 Å². The van der Waals surface area contributed by atoms with E-state index in [0.29, 0.717) is 55.6 Å². The van der Waals surface area contributed by atoms with Gasteiger partial charge in [-0.3, -0.25) is 0 Å². The van der Waals surface area contributed by atoms with Crippen molar-refractivity contribution in [1.82, 2.24) is 0 Å². The highest BCUT2D eigenvalue weighted by molar-refractivity contribution is 5.89. The summed E-state index contributed by atoms with van der Waals surface area (Å²) in [5.41, 5.74) is 8.05. The summed E-state index contributed by atoms with van der Waals surface area (Å²) in [4.78, 5) is 0. The van der Waals surface area contributed by atoms with E-state index >= 15 is 0 Å². The van der Waals surface area contributed by atoms with Gasteiger partial charge in [0.05, 0.1) is 0 Å². The molecule has 0 aliphatic carbocycles. The molecule has 56 heavy (non-hydrogen) atoms. The van der Waals surface area contributed by atoms with Gasteiger partial charge in [0.25, 0.3) is 0 Å². The van der Waals surface area contributed by atoms with E-state index in [1.165, 1.54) is 24.3 Å².